The zero-order chi connectivity index (χ0) is 17.3. The molecule has 3 aliphatic carbocycles. The number of piperidine rings is 1. The number of carbonyl (C=O) groups is 1. The molecule has 0 radical (unpaired) electrons. The molecular formula is C21H35NO2. The lowest BCUT2D eigenvalue weighted by Crippen LogP contribution is -2.64. The predicted octanol–water partition coefficient (Wildman–Crippen LogP) is 3.85. The van der Waals surface area contributed by atoms with Crippen LogP contribution in [0.1, 0.15) is 72.1 Å². The molecule has 0 aromatic heterocycles. The average molecular weight is 334 g/mol. The molecule has 3 nitrogen and oxygen atoms in total. The van der Waals surface area contributed by atoms with Crippen molar-refractivity contribution in [2.45, 2.75) is 84.3 Å². The topological polar surface area (TPSA) is 40.5 Å². The minimum atomic E-state index is -0.221. The second-order valence-corrected chi connectivity index (χ2v) is 9.85. The van der Waals surface area contributed by atoms with Gasteiger partial charge in [0, 0.05) is 19.5 Å². The van der Waals surface area contributed by atoms with Gasteiger partial charge in [-0.05, 0) is 73.0 Å². The van der Waals surface area contributed by atoms with Crippen LogP contribution in [0.5, 0.6) is 0 Å². The van der Waals surface area contributed by atoms with E-state index >= 15 is 0 Å². The van der Waals surface area contributed by atoms with Crippen LogP contribution in [0.15, 0.2) is 0 Å². The molecule has 8 atom stereocenters. The number of aliphatic hydroxyl groups is 1. The van der Waals surface area contributed by atoms with Crippen molar-refractivity contribution in [3.05, 3.63) is 0 Å². The van der Waals surface area contributed by atoms with Crippen molar-refractivity contribution in [3.63, 3.8) is 0 Å². The van der Waals surface area contributed by atoms with E-state index in [1.165, 1.54) is 32.1 Å². The van der Waals surface area contributed by atoms with E-state index in [1.807, 2.05) is 11.9 Å². The van der Waals surface area contributed by atoms with Crippen LogP contribution in [0.25, 0.3) is 0 Å². The van der Waals surface area contributed by atoms with Crippen LogP contribution < -0.4 is 0 Å². The molecule has 3 unspecified atom stereocenters. The van der Waals surface area contributed by atoms with Gasteiger partial charge in [0.25, 0.3) is 0 Å². The number of aliphatic hydroxyl groups excluding tert-OH is 1. The molecule has 1 N–H and O–H groups in total. The SMILES string of the molecule is CCC1CC[C@H]2[C@@H]3C(O)CC4N(C)C(=O)CC[C@]4(C)[C@@H]3CC[C@]12C. The molecule has 136 valence electrons. The normalized spacial score (nSPS) is 54.2. The molecule has 0 spiro atoms. The van der Waals surface area contributed by atoms with Gasteiger partial charge in [0.2, 0.25) is 5.91 Å². The van der Waals surface area contributed by atoms with Crippen molar-refractivity contribution in [2.24, 2.45) is 34.5 Å². The molecule has 4 aliphatic rings. The number of hydrogen-bond donors (Lipinski definition) is 1. The van der Waals surface area contributed by atoms with E-state index in [0.717, 1.165) is 18.8 Å². The molecule has 3 heteroatoms. The zero-order valence-corrected chi connectivity index (χ0v) is 15.9. The molecule has 4 fully saturated rings. The molecule has 1 saturated heterocycles. The van der Waals surface area contributed by atoms with Crippen molar-refractivity contribution >= 4 is 5.91 Å². The highest BCUT2D eigenvalue weighted by Crippen LogP contribution is 2.66. The quantitative estimate of drug-likeness (QED) is 0.792. The molecule has 1 amide bonds. The summed E-state index contributed by atoms with van der Waals surface area (Å²) in [4.78, 5) is 14.2. The monoisotopic (exact) mass is 333 g/mol. The van der Waals surface area contributed by atoms with Gasteiger partial charge in [-0.15, -0.1) is 0 Å². The number of rotatable bonds is 1. The maximum absolute atomic E-state index is 12.2. The van der Waals surface area contributed by atoms with Crippen LogP contribution in [0.4, 0.5) is 0 Å². The van der Waals surface area contributed by atoms with Crippen LogP contribution in [-0.2, 0) is 4.79 Å². The third-order valence-corrected chi connectivity index (χ3v) is 9.28. The molecule has 0 bridgehead atoms. The second kappa shape index (κ2) is 5.46. The largest absolute Gasteiger partial charge is 0.393 e. The van der Waals surface area contributed by atoms with Gasteiger partial charge in [0.1, 0.15) is 0 Å². The first-order chi connectivity index (χ1) is 11.3. The maximum Gasteiger partial charge on any atom is 0.222 e. The number of amides is 1. The summed E-state index contributed by atoms with van der Waals surface area (Å²) in [5.74, 6) is 2.86. The Kier molecular flexibility index (Phi) is 3.84. The second-order valence-electron chi connectivity index (χ2n) is 9.85. The van der Waals surface area contributed by atoms with Crippen LogP contribution in [0, 0.1) is 34.5 Å². The smallest absolute Gasteiger partial charge is 0.222 e. The van der Waals surface area contributed by atoms with E-state index in [1.54, 1.807) is 0 Å². The van der Waals surface area contributed by atoms with E-state index in [2.05, 4.69) is 20.8 Å². The van der Waals surface area contributed by atoms with E-state index in [-0.39, 0.29) is 23.5 Å². The predicted molar refractivity (Wildman–Crippen MR) is 95.3 cm³/mol. The molecule has 3 saturated carbocycles. The Morgan fingerprint density at radius 1 is 1.12 bits per heavy atom. The highest BCUT2D eigenvalue weighted by atomic mass is 16.3. The van der Waals surface area contributed by atoms with Gasteiger partial charge in [0.05, 0.1) is 6.10 Å². The molecule has 0 aromatic rings. The molecular weight excluding hydrogens is 298 g/mol. The van der Waals surface area contributed by atoms with Gasteiger partial charge in [-0.1, -0.05) is 27.2 Å². The lowest BCUT2D eigenvalue weighted by atomic mass is 9.46. The average Bonchev–Trinajstić information content (AvgIpc) is 2.90. The standard InChI is InChI=1S/C21H35NO2/c1-5-13-6-7-14-19-15(8-10-20(13,14)2)21(3)11-9-18(24)22(4)17(21)12-16(19)23/h13-17,19,23H,5-12H2,1-4H3/t13?,14-,15+,16?,17?,19-,20+,21+/m0/s1. The maximum atomic E-state index is 12.2. The highest BCUT2D eigenvalue weighted by Gasteiger charge is 2.63. The summed E-state index contributed by atoms with van der Waals surface area (Å²) < 4.78 is 0. The van der Waals surface area contributed by atoms with Crippen molar-refractivity contribution in [1.29, 1.82) is 0 Å². The Morgan fingerprint density at radius 3 is 2.54 bits per heavy atom. The minimum Gasteiger partial charge on any atom is -0.393 e. The van der Waals surface area contributed by atoms with Crippen molar-refractivity contribution < 1.29 is 9.90 Å². The van der Waals surface area contributed by atoms with Gasteiger partial charge in [-0.3, -0.25) is 4.79 Å². The van der Waals surface area contributed by atoms with Gasteiger partial charge < -0.3 is 10.0 Å². The zero-order valence-electron chi connectivity index (χ0n) is 15.9. The van der Waals surface area contributed by atoms with Crippen LogP contribution in [0.2, 0.25) is 0 Å². The third kappa shape index (κ3) is 2.03. The highest BCUT2D eigenvalue weighted by molar-refractivity contribution is 5.77. The Bertz CT molecular complexity index is 534. The first-order valence-corrected chi connectivity index (χ1v) is 10.3. The number of hydrogen-bond acceptors (Lipinski definition) is 2. The molecule has 4 rings (SSSR count). The number of likely N-dealkylation sites (tertiary alicyclic amines) is 1. The van der Waals surface area contributed by atoms with E-state index in [4.69, 9.17) is 0 Å². The van der Waals surface area contributed by atoms with Crippen LogP contribution in [0.3, 0.4) is 0 Å². The minimum absolute atomic E-state index is 0.207. The molecule has 1 heterocycles. The van der Waals surface area contributed by atoms with E-state index in [9.17, 15) is 9.90 Å². The third-order valence-electron chi connectivity index (χ3n) is 9.28. The Balaban J connectivity index is 1.69. The first kappa shape index (κ1) is 16.9. The van der Waals surface area contributed by atoms with Crippen LogP contribution >= 0.6 is 0 Å². The van der Waals surface area contributed by atoms with E-state index < -0.39 is 0 Å². The Morgan fingerprint density at radius 2 is 1.83 bits per heavy atom. The van der Waals surface area contributed by atoms with Gasteiger partial charge >= 0.3 is 0 Å². The van der Waals surface area contributed by atoms with Crippen molar-refractivity contribution in [3.8, 4) is 0 Å². The van der Waals surface area contributed by atoms with Gasteiger partial charge in [-0.2, -0.15) is 0 Å². The summed E-state index contributed by atoms with van der Waals surface area (Å²) in [6.07, 6.45) is 8.82. The van der Waals surface area contributed by atoms with Gasteiger partial charge in [0.15, 0.2) is 0 Å². The fraction of sp³-hybridized carbons (Fsp3) is 0.952. The fourth-order valence-electron chi connectivity index (χ4n) is 7.86. The number of carbonyl (C=O) groups excluding carboxylic acids is 1. The lowest BCUT2D eigenvalue weighted by Gasteiger charge is -2.63. The van der Waals surface area contributed by atoms with Crippen molar-refractivity contribution in [2.75, 3.05) is 7.05 Å². The molecule has 0 aromatic carbocycles. The lowest BCUT2D eigenvalue weighted by molar-refractivity contribution is -0.179. The fourth-order valence-corrected chi connectivity index (χ4v) is 7.86. The van der Waals surface area contributed by atoms with E-state index in [0.29, 0.717) is 29.6 Å². The Labute approximate surface area is 147 Å². The summed E-state index contributed by atoms with van der Waals surface area (Å²) in [6.45, 7) is 7.30. The molecule has 1 aliphatic heterocycles. The van der Waals surface area contributed by atoms with Crippen molar-refractivity contribution in [1.82, 2.24) is 4.90 Å². The summed E-state index contributed by atoms with van der Waals surface area (Å²) in [6, 6.07) is 0.239. The summed E-state index contributed by atoms with van der Waals surface area (Å²) in [5, 5.41) is 11.1. The summed E-state index contributed by atoms with van der Waals surface area (Å²) in [5.41, 5.74) is 0.647. The molecule has 24 heavy (non-hydrogen) atoms. The Hall–Kier alpha value is -0.570. The number of fused-ring (bicyclic) bond motifs is 5. The first-order valence-electron chi connectivity index (χ1n) is 10.3. The van der Waals surface area contributed by atoms with Crippen LogP contribution in [-0.4, -0.2) is 35.1 Å². The number of nitrogens with zero attached hydrogens (tertiary/aromatic N) is 1. The summed E-state index contributed by atoms with van der Waals surface area (Å²) >= 11 is 0. The summed E-state index contributed by atoms with van der Waals surface area (Å²) in [7, 11) is 1.97. The van der Waals surface area contributed by atoms with Gasteiger partial charge in [-0.25, -0.2) is 0 Å².